The Morgan fingerprint density at radius 2 is 2.11 bits per heavy atom. The summed E-state index contributed by atoms with van der Waals surface area (Å²) in [6, 6.07) is 2.12. The Morgan fingerprint density at radius 3 is 2.44 bits per heavy atom. The Labute approximate surface area is 65.2 Å². The molecule has 0 saturated heterocycles. The second-order valence-electron chi connectivity index (χ2n) is 2.46. The molecule has 0 aliphatic heterocycles. The zero-order valence-electron chi connectivity index (χ0n) is 5.89. The Bertz CT molecular complexity index is 104. The molecule has 0 amide bonds. The molecule has 1 nitrogen and oxygen atoms in total. The van der Waals surface area contributed by atoms with Gasteiger partial charge in [0.2, 0.25) is 0 Å². The monoisotopic (exact) mass is 189 g/mol. The van der Waals surface area contributed by atoms with E-state index in [2.05, 4.69) is 35.8 Å². The number of alkyl halides is 1. The summed E-state index contributed by atoms with van der Waals surface area (Å²) >= 11 is 3.49. The van der Waals surface area contributed by atoms with Crippen molar-refractivity contribution in [3.8, 4) is 6.07 Å². The van der Waals surface area contributed by atoms with Crippen LogP contribution in [0.15, 0.2) is 0 Å². The Morgan fingerprint density at radius 1 is 1.56 bits per heavy atom. The lowest BCUT2D eigenvalue weighted by Gasteiger charge is -2.09. The molecule has 0 aromatic rings. The molecule has 0 aliphatic carbocycles. The van der Waals surface area contributed by atoms with Gasteiger partial charge >= 0.3 is 0 Å². The predicted molar refractivity (Wildman–Crippen MR) is 42.4 cm³/mol. The minimum Gasteiger partial charge on any atom is -0.198 e. The zero-order chi connectivity index (χ0) is 7.28. The summed E-state index contributed by atoms with van der Waals surface area (Å²) in [6.45, 7) is 4.30. The summed E-state index contributed by atoms with van der Waals surface area (Å²) < 4.78 is 0. The number of nitriles is 1. The molecule has 0 aromatic carbocycles. The summed E-state index contributed by atoms with van der Waals surface area (Å²) in [4.78, 5) is 0.511. The first-order valence-electron chi connectivity index (χ1n) is 3.19. The van der Waals surface area contributed by atoms with E-state index in [1.807, 2.05) is 0 Å². The first-order valence-corrected chi connectivity index (χ1v) is 4.11. The average Bonchev–Trinajstić information content (AvgIpc) is 1.82. The van der Waals surface area contributed by atoms with Crippen LogP contribution in [0.25, 0.3) is 0 Å². The maximum atomic E-state index is 8.23. The predicted octanol–water partition coefficient (Wildman–Crippen LogP) is 2.71. The van der Waals surface area contributed by atoms with Gasteiger partial charge in [-0.3, -0.25) is 0 Å². The van der Waals surface area contributed by atoms with Gasteiger partial charge in [0.25, 0.3) is 0 Å². The lowest BCUT2D eigenvalue weighted by atomic mass is 10.1. The van der Waals surface area contributed by atoms with E-state index in [0.29, 0.717) is 17.2 Å². The Balaban J connectivity index is 3.29. The zero-order valence-corrected chi connectivity index (χ0v) is 7.48. The van der Waals surface area contributed by atoms with Crippen molar-refractivity contribution >= 4 is 15.9 Å². The highest BCUT2D eigenvalue weighted by molar-refractivity contribution is 9.09. The fraction of sp³-hybridized carbons (Fsp3) is 0.857. The van der Waals surface area contributed by atoms with Gasteiger partial charge < -0.3 is 0 Å². The van der Waals surface area contributed by atoms with Gasteiger partial charge in [-0.25, -0.2) is 0 Å². The van der Waals surface area contributed by atoms with Crippen molar-refractivity contribution in [2.75, 3.05) is 0 Å². The van der Waals surface area contributed by atoms with Crippen LogP contribution in [-0.2, 0) is 0 Å². The highest BCUT2D eigenvalue weighted by Crippen LogP contribution is 2.16. The molecule has 0 N–H and O–H groups in total. The minimum atomic E-state index is 0.511. The van der Waals surface area contributed by atoms with Crippen molar-refractivity contribution in [2.45, 2.75) is 31.5 Å². The smallest absolute Gasteiger partial charge is 0.0622 e. The quantitative estimate of drug-likeness (QED) is 0.627. The first kappa shape index (κ1) is 8.97. The molecule has 0 fully saturated rings. The van der Waals surface area contributed by atoms with E-state index in [1.54, 1.807) is 0 Å². The summed E-state index contributed by atoms with van der Waals surface area (Å²) in [5, 5.41) is 8.23. The largest absolute Gasteiger partial charge is 0.198 e. The van der Waals surface area contributed by atoms with Gasteiger partial charge in [0.15, 0.2) is 0 Å². The molecular formula is C7H12BrN. The Kier molecular flexibility index (Phi) is 4.80. The first-order chi connectivity index (χ1) is 4.18. The van der Waals surface area contributed by atoms with E-state index in [0.717, 1.165) is 6.42 Å². The molecule has 0 rings (SSSR count). The molecule has 0 saturated carbocycles. The lowest BCUT2D eigenvalue weighted by molar-refractivity contribution is 0.588. The lowest BCUT2D eigenvalue weighted by Crippen LogP contribution is -2.05. The molecule has 2 heteroatoms. The van der Waals surface area contributed by atoms with Crippen LogP contribution >= 0.6 is 15.9 Å². The maximum absolute atomic E-state index is 8.23. The van der Waals surface area contributed by atoms with E-state index in [9.17, 15) is 0 Å². The summed E-state index contributed by atoms with van der Waals surface area (Å²) in [7, 11) is 0. The fourth-order valence-corrected chi connectivity index (χ4v) is 0.765. The molecule has 1 unspecified atom stereocenters. The van der Waals surface area contributed by atoms with E-state index < -0.39 is 0 Å². The van der Waals surface area contributed by atoms with E-state index in [-0.39, 0.29) is 0 Å². The van der Waals surface area contributed by atoms with Crippen LogP contribution in [0.1, 0.15) is 26.7 Å². The van der Waals surface area contributed by atoms with Gasteiger partial charge in [0.1, 0.15) is 0 Å². The van der Waals surface area contributed by atoms with Crippen LogP contribution in [0.2, 0.25) is 0 Å². The van der Waals surface area contributed by atoms with Crippen LogP contribution in [-0.4, -0.2) is 4.83 Å². The van der Waals surface area contributed by atoms with Gasteiger partial charge in [-0.05, 0) is 12.3 Å². The third kappa shape index (κ3) is 4.47. The van der Waals surface area contributed by atoms with Crippen LogP contribution < -0.4 is 0 Å². The summed E-state index contributed by atoms with van der Waals surface area (Å²) in [5.74, 6) is 0.637. The van der Waals surface area contributed by atoms with Gasteiger partial charge in [0, 0.05) is 11.2 Å². The van der Waals surface area contributed by atoms with E-state index >= 15 is 0 Å². The molecule has 0 bridgehead atoms. The van der Waals surface area contributed by atoms with Crippen LogP contribution in [0.4, 0.5) is 0 Å². The van der Waals surface area contributed by atoms with E-state index in [1.165, 1.54) is 0 Å². The SMILES string of the molecule is CC(C)C(Br)CCC#N. The number of halogens is 1. The molecule has 0 aliphatic rings. The van der Waals surface area contributed by atoms with Crippen molar-refractivity contribution < 1.29 is 0 Å². The third-order valence-electron chi connectivity index (χ3n) is 1.26. The average molecular weight is 190 g/mol. The summed E-state index contributed by atoms with van der Waals surface area (Å²) in [6.07, 6.45) is 1.63. The van der Waals surface area contributed by atoms with Crippen molar-refractivity contribution in [3.63, 3.8) is 0 Å². The Hall–Kier alpha value is -0.0300. The number of nitrogens with zero attached hydrogens (tertiary/aromatic N) is 1. The second kappa shape index (κ2) is 4.81. The van der Waals surface area contributed by atoms with Gasteiger partial charge in [-0.15, -0.1) is 0 Å². The van der Waals surface area contributed by atoms with Crippen LogP contribution in [0.3, 0.4) is 0 Å². The number of hydrogen-bond donors (Lipinski definition) is 0. The molecule has 9 heavy (non-hydrogen) atoms. The van der Waals surface area contributed by atoms with Crippen molar-refractivity contribution in [3.05, 3.63) is 0 Å². The van der Waals surface area contributed by atoms with Gasteiger partial charge in [-0.1, -0.05) is 29.8 Å². The van der Waals surface area contributed by atoms with Crippen molar-refractivity contribution in [2.24, 2.45) is 5.92 Å². The van der Waals surface area contributed by atoms with Crippen molar-refractivity contribution in [1.29, 1.82) is 5.26 Å². The van der Waals surface area contributed by atoms with Gasteiger partial charge in [0.05, 0.1) is 6.07 Å². The van der Waals surface area contributed by atoms with Crippen molar-refractivity contribution in [1.82, 2.24) is 0 Å². The second-order valence-corrected chi connectivity index (χ2v) is 3.63. The van der Waals surface area contributed by atoms with E-state index in [4.69, 9.17) is 5.26 Å². The fourth-order valence-electron chi connectivity index (χ4n) is 0.536. The highest BCUT2D eigenvalue weighted by atomic mass is 79.9. The third-order valence-corrected chi connectivity index (χ3v) is 2.77. The molecule has 0 heterocycles. The number of hydrogen-bond acceptors (Lipinski definition) is 1. The summed E-state index contributed by atoms with van der Waals surface area (Å²) in [5.41, 5.74) is 0. The van der Waals surface area contributed by atoms with Gasteiger partial charge in [-0.2, -0.15) is 5.26 Å². The molecule has 1 atom stereocenters. The molecule has 52 valence electrons. The highest BCUT2D eigenvalue weighted by Gasteiger charge is 2.06. The molecule has 0 radical (unpaired) electrons. The molecular weight excluding hydrogens is 178 g/mol. The normalized spacial score (nSPS) is 13.2. The van der Waals surface area contributed by atoms with Crippen LogP contribution in [0, 0.1) is 17.2 Å². The topological polar surface area (TPSA) is 23.8 Å². The number of rotatable bonds is 3. The standard InChI is InChI=1S/C7H12BrN/c1-6(2)7(8)4-3-5-9/h6-7H,3-4H2,1-2H3. The minimum absolute atomic E-state index is 0.511. The van der Waals surface area contributed by atoms with Crippen LogP contribution in [0.5, 0.6) is 0 Å². The molecule has 0 aromatic heterocycles. The maximum Gasteiger partial charge on any atom is 0.0622 e. The molecule has 0 spiro atoms.